The van der Waals surface area contributed by atoms with Gasteiger partial charge in [-0.25, -0.2) is 4.79 Å². The highest BCUT2D eigenvalue weighted by Crippen LogP contribution is 2.41. The lowest BCUT2D eigenvalue weighted by atomic mass is 9.87. The largest absolute Gasteiger partial charge is 0.416 e. The number of likely N-dealkylation sites (N-methyl/N-ethyl adjacent to an activating group) is 1. The molecule has 10 heteroatoms. The van der Waals surface area contributed by atoms with Crippen LogP contribution in [-0.4, -0.2) is 29.7 Å². The van der Waals surface area contributed by atoms with E-state index in [1.165, 1.54) is 51.2 Å². The fraction of sp³-hybridized carbons (Fsp3) is 0.217. The van der Waals surface area contributed by atoms with E-state index in [1.54, 1.807) is 0 Å². The van der Waals surface area contributed by atoms with Gasteiger partial charge < -0.3 is 10.6 Å². The number of nitriles is 1. The van der Waals surface area contributed by atoms with Crippen LogP contribution in [0.1, 0.15) is 46.9 Å². The minimum Gasteiger partial charge on any atom is -0.366 e. The summed E-state index contributed by atoms with van der Waals surface area (Å²) in [6, 6.07) is 8.48. The Balaban J connectivity index is 2.26. The number of halogens is 3. The topological polar surface area (TPSA) is 108 Å². The predicted octanol–water partition coefficient (Wildman–Crippen LogP) is 4.15. The van der Waals surface area contributed by atoms with Crippen molar-refractivity contribution in [1.82, 2.24) is 4.90 Å². The smallest absolute Gasteiger partial charge is 0.366 e. The predicted molar refractivity (Wildman–Crippen MR) is 113 cm³/mol. The minimum atomic E-state index is -4.62. The van der Waals surface area contributed by atoms with E-state index in [0.29, 0.717) is 0 Å². The maximum atomic E-state index is 13.3. The Labute approximate surface area is 187 Å². The number of nitrogens with two attached hydrogens (primary N) is 1. The van der Waals surface area contributed by atoms with Crippen LogP contribution in [0, 0.1) is 11.3 Å². The van der Waals surface area contributed by atoms with Crippen LogP contribution >= 0.6 is 0 Å². The molecule has 7 nitrogen and oxygen atoms in total. The van der Waals surface area contributed by atoms with Crippen molar-refractivity contribution in [1.29, 1.82) is 5.26 Å². The number of urea groups is 1. The normalized spacial score (nSPS) is 16.6. The molecule has 170 valence electrons. The first kappa shape index (κ1) is 23.5. The third kappa shape index (κ3) is 4.17. The van der Waals surface area contributed by atoms with Gasteiger partial charge in [-0.1, -0.05) is 12.1 Å². The van der Waals surface area contributed by atoms with Crippen molar-refractivity contribution in [3.63, 3.8) is 0 Å². The van der Waals surface area contributed by atoms with E-state index in [0.717, 1.165) is 21.9 Å². The van der Waals surface area contributed by atoms with Crippen LogP contribution in [0.3, 0.4) is 0 Å². The van der Waals surface area contributed by atoms with Gasteiger partial charge in [0.2, 0.25) is 5.91 Å². The Kier molecular flexibility index (Phi) is 6.01. The van der Waals surface area contributed by atoms with Crippen LogP contribution in [-0.2, 0) is 11.0 Å². The first-order valence-electron chi connectivity index (χ1n) is 9.68. The first-order chi connectivity index (χ1) is 15.4. The first-order valence-corrected chi connectivity index (χ1v) is 9.68. The molecule has 1 atom stereocenters. The molecule has 2 N–H and O–H groups in total. The second-order valence-electron chi connectivity index (χ2n) is 7.51. The third-order valence-electron chi connectivity index (χ3n) is 5.43. The van der Waals surface area contributed by atoms with Gasteiger partial charge in [0.15, 0.2) is 5.78 Å². The highest BCUT2D eigenvalue weighted by Gasteiger charge is 2.41. The summed E-state index contributed by atoms with van der Waals surface area (Å²) in [6.07, 6.45) is -4.62. The van der Waals surface area contributed by atoms with Crippen LogP contribution in [0.5, 0.6) is 0 Å². The zero-order chi connectivity index (χ0) is 24.7. The fourth-order valence-electron chi connectivity index (χ4n) is 3.94. The monoisotopic (exact) mass is 456 g/mol. The van der Waals surface area contributed by atoms with E-state index >= 15 is 0 Å². The summed E-state index contributed by atoms with van der Waals surface area (Å²) in [6.45, 7) is 2.70. The highest BCUT2D eigenvalue weighted by molar-refractivity contribution is 6.05. The number of hydrogen-bond donors (Lipinski definition) is 1. The van der Waals surface area contributed by atoms with Gasteiger partial charge in [-0.05, 0) is 49.7 Å². The van der Waals surface area contributed by atoms with E-state index < -0.39 is 35.5 Å². The number of rotatable bonds is 4. The fourth-order valence-corrected chi connectivity index (χ4v) is 3.94. The van der Waals surface area contributed by atoms with Gasteiger partial charge in [-0.3, -0.25) is 14.5 Å². The molecule has 0 saturated carbocycles. The number of Topliss-reactive ketones (excluding diaryl/α,β-unsaturated/α-hetero) is 1. The van der Waals surface area contributed by atoms with Crippen LogP contribution in [0.4, 0.5) is 23.7 Å². The molecule has 0 aromatic heterocycles. The maximum absolute atomic E-state index is 13.3. The molecular weight excluding hydrogens is 437 g/mol. The van der Waals surface area contributed by atoms with Crippen molar-refractivity contribution in [2.75, 3.05) is 11.9 Å². The molecule has 0 aliphatic carbocycles. The Morgan fingerprint density at radius 1 is 1.15 bits per heavy atom. The summed E-state index contributed by atoms with van der Waals surface area (Å²) in [5.74, 6) is -1.31. The number of primary amides is 1. The Morgan fingerprint density at radius 2 is 1.82 bits per heavy atom. The number of anilines is 1. The number of benzene rings is 2. The molecule has 0 saturated heterocycles. The van der Waals surface area contributed by atoms with Crippen molar-refractivity contribution < 1.29 is 27.6 Å². The molecule has 2 aromatic carbocycles. The summed E-state index contributed by atoms with van der Waals surface area (Å²) in [7, 11) is 1.37. The molecule has 1 unspecified atom stereocenters. The molecule has 1 aliphatic rings. The highest BCUT2D eigenvalue weighted by atomic mass is 19.4. The van der Waals surface area contributed by atoms with E-state index in [4.69, 9.17) is 11.0 Å². The lowest BCUT2D eigenvalue weighted by molar-refractivity contribution is -0.137. The second kappa shape index (κ2) is 8.43. The van der Waals surface area contributed by atoms with Gasteiger partial charge in [-0.15, -0.1) is 0 Å². The number of nitrogens with zero attached hydrogens (tertiary/aromatic N) is 3. The third-order valence-corrected chi connectivity index (χ3v) is 5.43. The molecule has 0 bridgehead atoms. The number of allylic oxidation sites excluding steroid dienone is 1. The van der Waals surface area contributed by atoms with Crippen LogP contribution in [0.15, 0.2) is 53.7 Å². The number of ketones is 1. The zero-order valence-corrected chi connectivity index (χ0v) is 17.9. The minimum absolute atomic E-state index is 0.0437. The second-order valence-corrected chi connectivity index (χ2v) is 7.51. The number of carbonyl (C=O) groups is 3. The number of hydrogen-bond acceptors (Lipinski definition) is 4. The molecule has 2 aromatic rings. The zero-order valence-electron chi connectivity index (χ0n) is 17.9. The standard InChI is InChI=1S/C23H19F3N4O3/c1-12-19(13(2)31)20(17-8-7-14(11-27)9-18(17)21(28)32)29(3)22(33)30(12)16-6-4-5-15(10-16)23(24,25)26/h4-10,20H,1-3H3,(H2,28,32). The van der Waals surface area contributed by atoms with Gasteiger partial charge in [0, 0.05) is 23.9 Å². The molecule has 1 aliphatic heterocycles. The summed E-state index contributed by atoms with van der Waals surface area (Å²) >= 11 is 0. The number of alkyl halides is 3. The summed E-state index contributed by atoms with van der Waals surface area (Å²) in [5, 5.41) is 9.14. The Morgan fingerprint density at radius 3 is 2.36 bits per heavy atom. The van der Waals surface area contributed by atoms with Gasteiger partial charge in [0.05, 0.1) is 28.9 Å². The molecule has 0 fully saturated rings. The molecule has 1 heterocycles. The molecule has 33 heavy (non-hydrogen) atoms. The summed E-state index contributed by atoms with van der Waals surface area (Å²) < 4.78 is 39.7. The lowest BCUT2D eigenvalue weighted by Crippen LogP contribution is -2.49. The molecule has 0 spiro atoms. The van der Waals surface area contributed by atoms with E-state index in [1.807, 2.05) is 6.07 Å². The van der Waals surface area contributed by atoms with Crippen molar-refractivity contribution in [3.8, 4) is 6.07 Å². The maximum Gasteiger partial charge on any atom is 0.416 e. The molecule has 3 rings (SSSR count). The van der Waals surface area contributed by atoms with E-state index in [9.17, 15) is 27.6 Å². The van der Waals surface area contributed by atoms with Crippen LogP contribution in [0.2, 0.25) is 0 Å². The van der Waals surface area contributed by atoms with E-state index in [-0.39, 0.29) is 33.6 Å². The average Bonchev–Trinajstić information content (AvgIpc) is 2.75. The number of amides is 3. The molecule has 3 amide bonds. The van der Waals surface area contributed by atoms with Gasteiger partial charge in [-0.2, -0.15) is 18.4 Å². The van der Waals surface area contributed by atoms with Crippen LogP contribution in [0.25, 0.3) is 0 Å². The average molecular weight is 456 g/mol. The van der Waals surface area contributed by atoms with Crippen molar-refractivity contribution in [2.24, 2.45) is 5.73 Å². The van der Waals surface area contributed by atoms with Gasteiger partial charge in [0.25, 0.3) is 0 Å². The SMILES string of the molecule is CC(=O)C1=C(C)N(c2cccc(C(F)(F)F)c2)C(=O)N(C)C1c1ccc(C#N)cc1C(N)=O. The van der Waals surface area contributed by atoms with E-state index in [2.05, 4.69) is 0 Å². The van der Waals surface area contributed by atoms with Crippen molar-refractivity contribution in [2.45, 2.75) is 26.1 Å². The van der Waals surface area contributed by atoms with Gasteiger partial charge >= 0.3 is 12.2 Å². The van der Waals surface area contributed by atoms with Gasteiger partial charge in [0.1, 0.15) is 0 Å². The Hall–Kier alpha value is -4.13. The Bertz CT molecular complexity index is 1240. The summed E-state index contributed by atoms with van der Waals surface area (Å²) in [5.41, 5.74) is 5.04. The van der Waals surface area contributed by atoms with Crippen molar-refractivity contribution in [3.05, 3.63) is 76.0 Å². The summed E-state index contributed by atoms with van der Waals surface area (Å²) in [4.78, 5) is 40.3. The molecular formula is C23H19F3N4O3. The van der Waals surface area contributed by atoms with Crippen LogP contribution < -0.4 is 10.6 Å². The lowest BCUT2D eigenvalue weighted by Gasteiger charge is -2.41. The van der Waals surface area contributed by atoms with Crippen molar-refractivity contribution >= 4 is 23.4 Å². The molecule has 0 radical (unpaired) electrons. The quantitative estimate of drug-likeness (QED) is 0.746. The number of carbonyl (C=O) groups excluding carboxylic acids is 3.